The molecule has 0 bridgehead atoms. The molecule has 1 aliphatic heterocycles. The van der Waals surface area contributed by atoms with Crippen LogP contribution in [0.5, 0.6) is 5.75 Å². The number of thiophene rings is 1. The van der Waals surface area contributed by atoms with Gasteiger partial charge in [-0.2, -0.15) is 0 Å². The number of phenols is 1. The zero-order valence-electron chi connectivity index (χ0n) is 13.0. The second-order valence-corrected chi connectivity index (χ2v) is 8.12. The Balaban J connectivity index is 1.51. The van der Waals surface area contributed by atoms with Crippen molar-refractivity contribution in [1.29, 1.82) is 0 Å². The topological polar surface area (TPSA) is 65.5 Å². The van der Waals surface area contributed by atoms with E-state index in [4.69, 9.17) is 4.98 Å². The largest absolute Gasteiger partial charge is 0.508 e. The molecular weight excluding hydrogens is 342 g/mol. The lowest BCUT2D eigenvalue weighted by molar-refractivity contribution is 0.103. The number of anilines is 2. The van der Waals surface area contributed by atoms with Crippen molar-refractivity contribution in [1.82, 2.24) is 4.98 Å². The van der Waals surface area contributed by atoms with Gasteiger partial charge in [-0.3, -0.25) is 4.79 Å². The monoisotopic (exact) mass is 359 g/mol. The number of hydrogen-bond donors (Lipinski definition) is 2. The van der Waals surface area contributed by atoms with Gasteiger partial charge < -0.3 is 15.3 Å². The Hall–Kier alpha value is -2.12. The van der Waals surface area contributed by atoms with Gasteiger partial charge in [0, 0.05) is 18.8 Å². The fourth-order valence-electron chi connectivity index (χ4n) is 2.79. The molecule has 0 saturated carbocycles. The Bertz CT molecular complexity index is 832. The molecule has 1 aliphatic rings. The molecule has 4 rings (SSSR count). The van der Waals surface area contributed by atoms with Crippen molar-refractivity contribution in [2.24, 2.45) is 0 Å². The van der Waals surface area contributed by atoms with Crippen LogP contribution < -0.4 is 10.2 Å². The molecule has 0 atom stereocenters. The molecule has 124 valence electrons. The summed E-state index contributed by atoms with van der Waals surface area (Å²) in [6.45, 7) is 2.16. The molecule has 3 aromatic rings. The summed E-state index contributed by atoms with van der Waals surface area (Å²) in [5.74, 6) is 0.0366. The summed E-state index contributed by atoms with van der Waals surface area (Å²) in [7, 11) is 0. The van der Waals surface area contributed by atoms with Gasteiger partial charge in [0.25, 0.3) is 5.91 Å². The summed E-state index contributed by atoms with van der Waals surface area (Å²) in [4.78, 5) is 20.1. The van der Waals surface area contributed by atoms with Crippen molar-refractivity contribution < 1.29 is 9.90 Å². The lowest BCUT2D eigenvalue weighted by Crippen LogP contribution is -2.29. The Labute approximate surface area is 147 Å². The van der Waals surface area contributed by atoms with Crippen LogP contribution in [-0.2, 0) is 0 Å². The Morgan fingerprint density at radius 3 is 2.58 bits per heavy atom. The van der Waals surface area contributed by atoms with Gasteiger partial charge in [-0.1, -0.05) is 11.3 Å². The zero-order chi connectivity index (χ0) is 16.5. The van der Waals surface area contributed by atoms with Crippen molar-refractivity contribution >= 4 is 48.9 Å². The first-order valence-corrected chi connectivity index (χ1v) is 9.58. The van der Waals surface area contributed by atoms with Crippen LogP contribution in [-0.4, -0.2) is 29.1 Å². The molecule has 1 saturated heterocycles. The van der Waals surface area contributed by atoms with Crippen LogP contribution in [0.1, 0.15) is 28.9 Å². The van der Waals surface area contributed by atoms with Gasteiger partial charge in [-0.05, 0) is 49.6 Å². The number of nitrogens with one attached hydrogen (secondary N) is 1. The summed E-state index contributed by atoms with van der Waals surface area (Å²) < 4.78 is 1.09. The van der Waals surface area contributed by atoms with E-state index >= 15 is 0 Å². The minimum Gasteiger partial charge on any atom is -0.508 e. The van der Waals surface area contributed by atoms with Crippen LogP contribution in [0, 0.1) is 0 Å². The second kappa shape index (κ2) is 6.41. The fourth-order valence-corrected chi connectivity index (χ4v) is 5.01. The normalized spacial score (nSPS) is 14.9. The van der Waals surface area contributed by atoms with Gasteiger partial charge >= 0.3 is 0 Å². The molecule has 7 heteroatoms. The van der Waals surface area contributed by atoms with E-state index in [0.29, 0.717) is 10.6 Å². The van der Waals surface area contributed by atoms with E-state index in [1.165, 1.54) is 30.6 Å². The maximum absolute atomic E-state index is 12.4. The second-order valence-electron chi connectivity index (χ2n) is 5.83. The molecule has 0 radical (unpaired) electrons. The van der Waals surface area contributed by atoms with Gasteiger partial charge in [-0.25, -0.2) is 4.98 Å². The van der Waals surface area contributed by atoms with Crippen LogP contribution in [0.2, 0.25) is 0 Å². The molecule has 2 N–H and O–H groups in total. The highest BCUT2D eigenvalue weighted by Gasteiger charge is 2.18. The lowest BCUT2D eigenvalue weighted by Gasteiger charge is -2.25. The number of nitrogens with zero attached hydrogens (tertiary/aromatic N) is 2. The summed E-state index contributed by atoms with van der Waals surface area (Å²) in [5.41, 5.74) is 1.57. The molecule has 0 aliphatic carbocycles. The highest BCUT2D eigenvalue weighted by atomic mass is 32.2. The van der Waals surface area contributed by atoms with Gasteiger partial charge in [-0.15, -0.1) is 11.3 Å². The number of aromatic hydroxyl groups is 1. The van der Waals surface area contributed by atoms with Crippen molar-refractivity contribution in [2.45, 2.75) is 19.3 Å². The van der Waals surface area contributed by atoms with Crippen LogP contribution in [0.15, 0.2) is 30.3 Å². The fraction of sp³-hybridized carbons (Fsp3) is 0.294. The Kier molecular flexibility index (Phi) is 4.12. The summed E-state index contributed by atoms with van der Waals surface area (Å²) in [5, 5.41) is 13.2. The highest BCUT2D eigenvalue weighted by molar-refractivity contribution is 7.40. The van der Waals surface area contributed by atoms with Crippen LogP contribution in [0.25, 0.3) is 9.53 Å². The molecule has 1 amide bonds. The number of carbonyl (C=O) groups excluding carboxylic acids is 1. The number of fused-ring (bicyclic) bond motifs is 1. The molecule has 5 nitrogen and oxygen atoms in total. The number of thiazole rings is 1. The summed E-state index contributed by atoms with van der Waals surface area (Å²) in [6.07, 6.45) is 3.76. The Morgan fingerprint density at radius 1 is 1.12 bits per heavy atom. The zero-order valence-corrected chi connectivity index (χ0v) is 14.6. The smallest absolute Gasteiger partial charge is 0.265 e. The van der Waals surface area contributed by atoms with Gasteiger partial charge in [0.05, 0.1) is 10.4 Å². The first-order valence-electron chi connectivity index (χ1n) is 7.95. The minimum absolute atomic E-state index is 0.143. The lowest BCUT2D eigenvalue weighted by atomic mass is 10.1. The molecule has 1 fully saturated rings. The number of rotatable bonds is 3. The third kappa shape index (κ3) is 3.09. The van der Waals surface area contributed by atoms with Crippen LogP contribution >= 0.6 is 22.7 Å². The molecular formula is C17H17N3O2S2. The van der Waals surface area contributed by atoms with Crippen molar-refractivity contribution in [2.75, 3.05) is 23.3 Å². The number of hydrogen-bond acceptors (Lipinski definition) is 6. The number of aromatic nitrogens is 1. The summed E-state index contributed by atoms with van der Waals surface area (Å²) >= 11 is 3.15. The van der Waals surface area contributed by atoms with E-state index in [1.807, 2.05) is 6.07 Å². The average molecular weight is 359 g/mol. The average Bonchev–Trinajstić information content (AvgIpc) is 3.17. The molecule has 2 aromatic heterocycles. The standard InChI is InChI=1S/C17H17N3O2S2/c21-12-6-4-11(5-7-12)18-15(22)14-10-13-16(23-14)24-17(19-13)20-8-2-1-3-9-20/h4-7,10,21H,1-3,8-9H2,(H,18,22). The van der Waals surface area contributed by atoms with Crippen LogP contribution in [0.4, 0.5) is 10.8 Å². The molecule has 3 heterocycles. The maximum atomic E-state index is 12.4. The van der Waals surface area contributed by atoms with E-state index in [2.05, 4.69) is 10.2 Å². The van der Waals surface area contributed by atoms with E-state index in [-0.39, 0.29) is 11.7 Å². The number of amides is 1. The first-order chi connectivity index (χ1) is 11.7. The number of carbonyl (C=O) groups is 1. The molecule has 24 heavy (non-hydrogen) atoms. The SMILES string of the molecule is O=C(Nc1ccc(O)cc1)c1cc2nc(N3CCCCC3)sc2s1. The van der Waals surface area contributed by atoms with E-state index in [1.54, 1.807) is 35.6 Å². The highest BCUT2D eigenvalue weighted by Crippen LogP contribution is 2.36. The van der Waals surface area contributed by atoms with Gasteiger partial charge in [0.2, 0.25) is 0 Å². The van der Waals surface area contributed by atoms with Crippen molar-refractivity contribution in [3.63, 3.8) is 0 Å². The number of piperidine rings is 1. The minimum atomic E-state index is -0.143. The van der Waals surface area contributed by atoms with Crippen molar-refractivity contribution in [3.05, 3.63) is 35.2 Å². The quantitative estimate of drug-likeness (QED) is 0.684. The van der Waals surface area contributed by atoms with Crippen LogP contribution in [0.3, 0.4) is 0 Å². The summed E-state index contributed by atoms with van der Waals surface area (Å²) in [6, 6.07) is 8.32. The maximum Gasteiger partial charge on any atom is 0.265 e. The van der Waals surface area contributed by atoms with Gasteiger partial charge in [0.15, 0.2) is 5.13 Å². The number of benzene rings is 1. The van der Waals surface area contributed by atoms with E-state index in [0.717, 1.165) is 27.8 Å². The van der Waals surface area contributed by atoms with E-state index < -0.39 is 0 Å². The van der Waals surface area contributed by atoms with Crippen molar-refractivity contribution in [3.8, 4) is 5.75 Å². The predicted octanol–water partition coefficient (Wildman–Crippen LogP) is 4.31. The van der Waals surface area contributed by atoms with E-state index in [9.17, 15) is 9.90 Å². The molecule has 0 spiro atoms. The van der Waals surface area contributed by atoms with Gasteiger partial charge in [0.1, 0.15) is 9.76 Å². The third-order valence-electron chi connectivity index (χ3n) is 4.06. The molecule has 0 unspecified atom stereocenters. The Morgan fingerprint density at radius 2 is 1.88 bits per heavy atom. The number of phenolic OH excluding ortho intramolecular Hbond substituents is 1. The predicted molar refractivity (Wildman–Crippen MR) is 99.6 cm³/mol. The first kappa shape index (κ1) is 15.4. The third-order valence-corrected chi connectivity index (χ3v) is 6.40. The molecule has 1 aromatic carbocycles.